The molecule has 9 nitrogen and oxygen atoms in total. The van der Waals surface area contributed by atoms with Crippen molar-refractivity contribution >= 4 is 29.0 Å². The molecule has 0 fully saturated rings. The van der Waals surface area contributed by atoms with Crippen molar-refractivity contribution in [2.24, 2.45) is 5.92 Å². The van der Waals surface area contributed by atoms with Crippen LogP contribution in [-0.2, 0) is 9.53 Å². The van der Waals surface area contributed by atoms with Crippen LogP contribution in [0.2, 0.25) is 5.02 Å². The Bertz CT molecular complexity index is 1060. The molecule has 0 aliphatic rings. The standard InChI is InChI=1S/C23H29ClN4O5/c1-7-33-22(30)18(25)17(20(29)15-9-8-14(24)10-13(15)4)19(12(2)3)27-16-11-26-23(32-6)28-21(16)31-5/h8-12,20,25,27,29H,7H2,1-6H3/b19-17+,25-18?. The summed E-state index contributed by atoms with van der Waals surface area (Å²) < 4.78 is 15.4. The van der Waals surface area contributed by atoms with Gasteiger partial charge in [-0.2, -0.15) is 4.98 Å². The largest absolute Gasteiger partial charge is 0.479 e. The van der Waals surface area contributed by atoms with E-state index in [-0.39, 0.29) is 30.0 Å². The highest BCUT2D eigenvalue weighted by Crippen LogP contribution is 2.34. The number of carbonyl (C=O) groups is 1. The number of hydrogen-bond acceptors (Lipinski definition) is 9. The molecule has 0 aliphatic heterocycles. The molecule has 1 unspecified atom stereocenters. The average Bonchev–Trinajstić information content (AvgIpc) is 2.78. The van der Waals surface area contributed by atoms with Gasteiger partial charge in [-0.25, -0.2) is 9.78 Å². The van der Waals surface area contributed by atoms with Gasteiger partial charge in [0.25, 0.3) is 0 Å². The average molecular weight is 477 g/mol. The van der Waals surface area contributed by atoms with Gasteiger partial charge in [-0.1, -0.05) is 31.5 Å². The Morgan fingerprint density at radius 1 is 1.27 bits per heavy atom. The lowest BCUT2D eigenvalue weighted by atomic mass is 9.89. The lowest BCUT2D eigenvalue weighted by molar-refractivity contribution is -0.135. The Hall–Kier alpha value is -3.17. The van der Waals surface area contributed by atoms with Crippen LogP contribution >= 0.6 is 11.6 Å². The molecule has 0 radical (unpaired) electrons. The van der Waals surface area contributed by atoms with Gasteiger partial charge < -0.3 is 24.6 Å². The number of allylic oxidation sites excluding steroid dienone is 1. The number of esters is 1. The molecule has 0 amide bonds. The lowest BCUT2D eigenvalue weighted by Crippen LogP contribution is -2.27. The normalized spacial score (nSPS) is 12.6. The first-order chi connectivity index (χ1) is 15.6. The first kappa shape index (κ1) is 26.1. The predicted octanol–water partition coefficient (Wildman–Crippen LogP) is 4.09. The Kier molecular flexibility index (Phi) is 9.19. The number of methoxy groups -OCH3 is 2. The van der Waals surface area contributed by atoms with Gasteiger partial charge in [0, 0.05) is 16.3 Å². The number of benzene rings is 1. The lowest BCUT2D eigenvalue weighted by Gasteiger charge is -2.25. The molecule has 0 saturated heterocycles. The second kappa shape index (κ2) is 11.6. The number of rotatable bonds is 10. The molecule has 1 aromatic carbocycles. The van der Waals surface area contributed by atoms with Crippen LogP contribution in [0.25, 0.3) is 0 Å². The number of nitrogens with zero attached hydrogens (tertiary/aromatic N) is 2. The summed E-state index contributed by atoms with van der Waals surface area (Å²) >= 11 is 6.07. The smallest absolute Gasteiger partial charge is 0.356 e. The Morgan fingerprint density at radius 2 is 1.97 bits per heavy atom. The number of ether oxygens (including phenoxy) is 3. The van der Waals surface area contributed by atoms with Gasteiger partial charge in [0.05, 0.1) is 27.0 Å². The van der Waals surface area contributed by atoms with E-state index < -0.39 is 17.8 Å². The fraction of sp³-hybridized carbons (Fsp3) is 0.391. The van der Waals surface area contributed by atoms with Crippen LogP contribution in [-0.4, -0.2) is 47.6 Å². The van der Waals surface area contributed by atoms with E-state index in [1.54, 1.807) is 32.0 Å². The highest BCUT2D eigenvalue weighted by atomic mass is 35.5. The summed E-state index contributed by atoms with van der Waals surface area (Å²) in [6, 6.07) is 5.12. The number of aliphatic hydroxyl groups excluding tert-OH is 1. The molecule has 178 valence electrons. The fourth-order valence-electron chi connectivity index (χ4n) is 3.19. The minimum atomic E-state index is -1.31. The van der Waals surface area contributed by atoms with Crippen LogP contribution in [0, 0.1) is 18.3 Å². The number of hydrogen-bond donors (Lipinski definition) is 3. The quantitative estimate of drug-likeness (QED) is 0.345. The SMILES string of the molecule is CCOC(=O)C(=N)/C(=C(\Nc1cnc(OC)nc1OC)C(C)C)C(O)c1ccc(Cl)cc1C. The van der Waals surface area contributed by atoms with Crippen LogP contribution in [0.5, 0.6) is 11.9 Å². The maximum absolute atomic E-state index is 12.5. The molecule has 0 aliphatic carbocycles. The molecule has 33 heavy (non-hydrogen) atoms. The van der Waals surface area contributed by atoms with E-state index in [1.807, 2.05) is 13.8 Å². The van der Waals surface area contributed by atoms with E-state index in [9.17, 15) is 9.90 Å². The summed E-state index contributed by atoms with van der Waals surface area (Å²) in [7, 11) is 2.88. The van der Waals surface area contributed by atoms with Crippen LogP contribution in [0.4, 0.5) is 5.69 Å². The van der Waals surface area contributed by atoms with E-state index >= 15 is 0 Å². The third-order valence-corrected chi connectivity index (χ3v) is 5.03. The number of nitrogens with one attached hydrogen (secondary N) is 2. The summed E-state index contributed by atoms with van der Waals surface area (Å²) in [5, 5.41) is 23.6. The summed E-state index contributed by atoms with van der Waals surface area (Å²) in [5.74, 6) is -0.904. The summed E-state index contributed by atoms with van der Waals surface area (Å²) in [5.41, 5.74) is 1.58. The maximum atomic E-state index is 12.5. The molecule has 0 bridgehead atoms. The highest BCUT2D eigenvalue weighted by molar-refractivity contribution is 6.42. The van der Waals surface area contributed by atoms with Crippen LogP contribution < -0.4 is 14.8 Å². The van der Waals surface area contributed by atoms with Gasteiger partial charge in [-0.15, -0.1) is 0 Å². The van der Waals surface area contributed by atoms with Gasteiger partial charge in [0.1, 0.15) is 17.5 Å². The Morgan fingerprint density at radius 3 is 2.52 bits per heavy atom. The zero-order chi connectivity index (χ0) is 24.7. The van der Waals surface area contributed by atoms with Crippen molar-refractivity contribution in [2.75, 3.05) is 26.1 Å². The third kappa shape index (κ3) is 6.21. The predicted molar refractivity (Wildman–Crippen MR) is 126 cm³/mol. The van der Waals surface area contributed by atoms with Crippen LogP contribution in [0.3, 0.4) is 0 Å². The Balaban J connectivity index is 2.71. The number of aliphatic hydroxyl groups is 1. The van der Waals surface area contributed by atoms with Crippen molar-refractivity contribution in [3.8, 4) is 11.9 Å². The molecule has 1 heterocycles. The molecule has 1 atom stereocenters. The van der Waals surface area contributed by atoms with Gasteiger partial charge in [-0.3, -0.25) is 5.41 Å². The molecular weight excluding hydrogens is 448 g/mol. The number of aryl methyl sites for hydroxylation is 1. The zero-order valence-electron chi connectivity index (χ0n) is 19.5. The highest BCUT2D eigenvalue weighted by Gasteiger charge is 2.30. The maximum Gasteiger partial charge on any atom is 0.356 e. The molecule has 0 spiro atoms. The van der Waals surface area contributed by atoms with E-state index in [4.69, 9.17) is 31.2 Å². The number of aromatic nitrogens is 2. The molecule has 0 saturated carbocycles. The minimum absolute atomic E-state index is 0.0618. The van der Waals surface area contributed by atoms with E-state index in [0.29, 0.717) is 27.5 Å². The summed E-state index contributed by atoms with van der Waals surface area (Å²) in [6.45, 7) is 7.25. The van der Waals surface area contributed by atoms with Gasteiger partial charge in [-0.05, 0) is 43.0 Å². The zero-order valence-corrected chi connectivity index (χ0v) is 20.3. The van der Waals surface area contributed by atoms with E-state index in [2.05, 4.69) is 15.3 Å². The van der Waals surface area contributed by atoms with Crippen LogP contribution in [0.1, 0.15) is 38.0 Å². The Labute approximate surface area is 198 Å². The van der Waals surface area contributed by atoms with Crippen molar-refractivity contribution in [2.45, 2.75) is 33.8 Å². The molecule has 2 rings (SSSR count). The van der Waals surface area contributed by atoms with Crippen molar-refractivity contribution < 1.29 is 24.1 Å². The molecule has 2 aromatic rings. The topological polar surface area (TPSA) is 127 Å². The molecule has 10 heteroatoms. The number of halogens is 1. The second-order valence-corrected chi connectivity index (χ2v) is 7.82. The molecule has 3 N–H and O–H groups in total. The van der Waals surface area contributed by atoms with Crippen molar-refractivity contribution in [3.63, 3.8) is 0 Å². The van der Waals surface area contributed by atoms with E-state index in [1.165, 1.54) is 20.4 Å². The number of anilines is 1. The minimum Gasteiger partial charge on any atom is -0.479 e. The number of carbonyl (C=O) groups excluding carboxylic acids is 1. The third-order valence-electron chi connectivity index (χ3n) is 4.79. The first-order valence-electron chi connectivity index (χ1n) is 10.3. The fourth-order valence-corrected chi connectivity index (χ4v) is 3.42. The van der Waals surface area contributed by atoms with Crippen molar-refractivity contribution in [1.29, 1.82) is 5.41 Å². The summed E-state index contributed by atoms with van der Waals surface area (Å²) in [4.78, 5) is 20.8. The van der Waals surface area contributed by atoms with E-state index in [0.717, 1.165) is 0 Å². The van der Waals surface area contributed by atoms with Gasteiger partial charge in [0.15, 0.2) is 0 Å². The summed E-state index contributed by atoms with van der Waals surface area (Å²) in [6.07, 6.45) is 0.146. The van der Waals surface area contributed by atoms with Crippen molar-refractivity contribution in [3.05, 3.63) is 51.8 Å². The second-order valence-electron chi connectivity index (χ2n) is 7.39. The molecule has 1 aromatic heterocycles. The van der Waals surface area contributed by atoms with Gasteiger partial charge >= 0.3 is 12.0 Å². The van der Waals surface area contributed by atoms with Gasteiger partial charge in [0.2, 0.25) is 5.88 Å². The van der Waals surface area contributed by atoms with Crippen molar-refractivity contribution in [1.82, 2.24) is 9.97 Å². The van der Waals surface area contributed by atoms with Crippen LogP contribution in [0.15, 0.2) is 35.7 Å². The monoisotopic (exact) mass is 476 g/mol. The first-order valence-corrected chi connectivity index (χ1v) is 10.7. The molecular formula is C23H29ClN4O5.